The number of carboxylic acids is 1. The van der Waals surface area contributed by atoms with Gasteiger partial charge in [0.05, 0.1) is 18.7 Å². The first-order valence-electron chi connectivity index (χ1n) is 6.84. The molecule has 0 aliphatic carbocycles. The molecule has 0 bridgehead atoms. The van der Waals surface area contributed by atoms with Crippen molar-refractivity contribution >= 4 is 16.9 Å². The van der Waals surface area contributed by atoms with Gasteiger partial charge in [-0.15, -0.1) is 0 Å². The SMILES string of the molecule is Cc1cccc(Cn2ccc3ccc(CC(=O)O)cc32)n1. The van der Waals surface area contributed by atoms with Gasteiger partial charge in [-0.05, 0) is 42.1 Å². The Balaban J connectivity index is 1.96. The number of carboxylic acid groups (broad SMARTS) is 1. The van der Waals surface area contributed by atoms with Crippen LogP contribution in [-0.4, -0.2) is 20.6 Å². The molecular weight excluding hydrogens is 264 g/mol. The summed E-state index contributed by atoms with van der Waals surface area (Å²) in [5.74, 6) is -0.812. The monoisotopic (exact) mass is 280 g/mol. The second kappa shape index (κ2) is 5.40. The summed E-state index contributed by atoms with van der Waals surface area (Å²) in [6, 6.07) is 13.8. The molecular formula is C17H16N2O2. The number of rotatable bonds is 4. The minimum atomic E-state index is -0.812. The van der Waals surface area contributed by atoms with Crippen molar-refractivity contribution in [2.75, 3.05) is 0 Å². The summed E-state index contributed by atoms with van der Waals surface area (Å²) in [4.78, 5) is 15.4. The fourth-order valence-corrected chi connectivity index (χ4v) is 2.51. The molecule has 3 rings (SSSR count). The van der Waals surface area contributed by atoms with Gasteiger partial charge in [-0.2, -0.15) is 0 Å². The largest absolute Gasteiger partial charge is 0.481 e. The number of carbonyl (C=O) groups is 1. The molecule has 3 aromatic rings. The Morgan fingerprint density at radius 1 is 1.24 bits per heavy atom. The van der Waals surface area contributed by atoms with Crippen molar-refractivity contribution in [1.82, 2.24) is 9.55 Å². The van der Waals surface area contributed by atoms with E-state index in [0.29, 0.717) is 6.54 Å². The summed E-state index contributed by atoms with van der Waals surface area (Å²) >= 11 is 0. The van der Waals surface area contributed by atoms with Crippen molar-refractivity contribution in [3.05, 3.63) is 65.6 Å². The van der Waals surface area contributed by atoms with E-state index >= 15 is 0 Å². The molecule has 1 aromatic carbocycles. The standard InChI is InChI=1S/C17H16N2O2/c1-12-3-2-4-15(18-12)11-19-8-7-14-6-5-13(9-16(14)19)10-17(20)21/h2-9H,10-11H2,1H3,(H,20,21). The van der Waals surface area contributed by atoms with Crippen LogP contribution in [0.15, 0.2) is 48.7 Å². The molecule has 1 N–H and O–H groups in total. The predicted octanol–water partition coefficient (Wildman–Crippen LogP) is 3.02. The lowest BCUT2D eigenvalue weighted by Gasteiger charge is -2.07. The van der Waals surface area contributed by atoms with Gasteiger partial charge >= 0.3 is 5.97 Å². The summed E-state index contributed by atoms with van der Waals surface area (Å²) < 4.78 is 2.10. The van der Waals surface area contributed by atoms with Crippen molar-refractivity contribution in [3.8, 4) is 0 Å². The van der Waals surface area contributed by atoms with E-state index in [9.17, 15) is 4.79 Å². The van der Waals surface area contributed by atoms with Gasteiger partial charge < -0.3 is 9.67 Å². The number of fused-ring (bicyclic) bond motifs is 1. The molecule has 0 unspecified atom stereocenters. The van der Waals surface area contributed by atoms with E-state index in [1.165, 1.54) is 0 Å². The van der Waals surface area contributed by atoms with E-state index in [2.05, 4.69) is 9.55 Å². The summed E-state index contributed by atoms with van der Waals surface area (Å²) in [6.07, 6.45) is 2.06. The lowest BCUT2D eigenvalue weighted by molar-refractivity contribution is -0.136. The van der Waals surface area contributed by atoms with Gasteiger partial charge in [0.15, 0.2) is 0 Å². The van der Waals surface area contributed by atoms with Crippen LogP contribution in [0.5, 0.6) is 0 Å². The Morgan fingerprint density at radius 2 is 2.10 bits per heavy atom. The average molecular weight is 280 g/mol. The molecule has 0 aliphatic rings. The van der Waals surface area contributed by atoms with E-state index in [-0.39, 0.29) is 6.42 Å². The Bertz CT molecular complexity index is 805. The maximum Gasteiger partial charge on any atom is 0.307 e. The maximum absolute atomic E-state index is 10.8. The number of aryl methyl sites for hydroxylation is 1. The molecule has 4 nitrogen and oxygen atoms in total. The number of pyridine rings is 1. The van der Waals surface area contributed by atoms with Gasteiger partial charge in [0.2, 0.25) is 0 Å². The number of hydrogen-bond acceptors (Lipinski definition) is 2. The second-order valence-electron chi connectivity index (χ2n) is 5.18. The summed E-state index contributed by atoms with van der Waals surface area (Å²) in [5.41, 5.74) is 3.84. The molecule has 2 aromatic heterocycles. The normalized spacial score (nSPS) is 10.9. The van der Waals surface area contributed by atoms with Crippen molar-refractivity contribution in [3.63, 3.8) is 0 Å². The number of hydrogen-bond donors (Lipinski definition) is 1. The molecule has 0 spiro atoms. The average Bonchev–Trinajstić information content (AvgIpc) is 2.81. The van der Waals surface area contributed by atoms with Crippen LogP contribution in [0.3, 0.4) is 0 Å². The van der Waals surface area contributed by atoms with Gasteiger partial charge in [-0.1, -0.05) is 18.2 Å². The third-order valence-electron chi connectivity index (χ3n) is 3.47. The van der Waals surface area contributed by atoms with Crippen molar-refractivity contribution in [2.24, 2.45) is 0 Å². The van der Waals surface area contributed by atoms with Crippen molar-refractivity contribution in [2.45, 2.75) is 19.9 Å². The van der Waals surface area contributed by atoms with Crippen LogP contribution >= 0.6 is 0 Å². The molecule has 106 valence electrons. The van der Waals surface area contributed by atoms with Crippen LogP contribution in [0.2, 0.25) is 0 Å². The van der Waals surface area contributed by atoms with Crippen LogP contribution in [-0.2, 0) is 17.8 Å². The van der Waals surface area contributed by atoms with Crippen molar-refractivity contribution < 1.29 is 9.90 Å². The second-order valence-corrected chi connectivity index (χ2v) is 5.18. The number of aromatic nitrogens is 2. The Labute approximate surface area is 122 Å². The topological polar surface area (TPSA) is 55.1 Å². The lowest BCUT2D eigenvalue weighted by atomic mass is 10.1. The van der Waals surface area contributed by atoms with Gasteiger partial charge in [0.25, 0.3) is 0 Å². The molecule has 4 heteroatoms. The summed E-state index contributed by atoms with van der Waals surface area (Å²) in [6.45, 7) is 2.66. The highest BCUT2D eigenvalue weighted by molar-refractivity contribution is 5.82. The van der Waals surface area contributed by atoms with E-state index in [0.717, 1.165) is 27.9 Å². The zero-order valence-electron chi connectivity index (χ0n) is 11.8. The number of benzene rings is 1. The minimum absolute atomic E-state index is 0.0455. The summed E-state index contributed by atoms with van der Waals surface area (Å²) in [5, 5.41) is 10.0. The summed E-state index contributed by atoms with van der Waals surface area (Å²) in [7, 11) is 0. The first-order valence-corrected chi connectivity index (χ1v) is 6.84. The van der Waals surface area contributed by atoms with E-state index in [4.69, 9.17) is 5.11 Å². The molecule has 0 aliphatic heterocycles. The third-order valence-corrected chi connectivity index (χ3v) is 3.47. The first-order chi connectivity index (χ1) is 10.1. The van der Waals surface area contributed by atoms with E-state index in [1.54, 1.807) is 0 Å². The minimum Gasteiger partial charge on any atom is -0.481 e. The maximum atomic E-state index is 10.8. The molecule has 0 atom stereocenters. The van der Waals surface area contributed by atoms with Crippen LogP contribution in [0.1, 0.15) is 17.0 Å². The number of aliphatic carboxylic acids is 1. The van der Waals surface area contributed by atoms with Crippen molar-refractivity contribution in [1.29, 1.82) is 0 Å². The van der Waals surface area contributed by atoms with Crippen LogP contribution in [0.4, 0.5) is 0 Å². The first kappa shape index (κ1) is 13.4. The highest BCUT2D eigenvalue weighted by Crippen LogP contribution is 2.19. The molecule has 0 radical (unpaired) electrons. The molecule has 0 fully saturated rings. The van der Waals surface area contributed by atoms with Crippen LogP contribution in [0, 0.1) is 6.92 Å². The lowest BCUT2D eigenvalue weighted by Crippen LogP contribution is -2.03. The fourth-order valence-electron chi connectivity index (χ4n) is 2.51. The molecule has 2 heterocycles. The molecule has 0 saturated heterocycles. The molecule has 0 amide bonds. The predicted molar refractivity (Wildman–Crippen MR) is 81.4 cm³/mol. The number of nitrogens with zero attached hydrogens (tertiary/aromatic N) is 2. The quantitative estimate of drug-likeness (QED) is 0.799. The Hall–Kier alpha value is -2.62. The highest BCUT2D eigenvalue weighted by Gasteiger charge is 2.06. The van der Waals surface area contributed by atoms with Gasteiger partial charge in [0.1, 0.15) is 0 Å². The van der Waals surface area contributed by atoms with Crippen LogP contribution < -0.4 is 0 Å². The van der Waals surface area contributed by atoms with Gasteiger partial charge in [-0.25, -0.2) is 0 Å². The van der Waals surface area contributed by atoms with Gasteiger partial charge in [0, 0.05) is 17.4 Å². The molecule has 0 saturated carbocycles. The zero-order chi connectivity index (χ0) is 14.8. The fraction of sp³-hybridized carbons (Fsp3) is 0.176. The Kier molecular flexibility index (Phi) is 3.44. The van der Waals surface area contributed by atoms with E-state index < -0.39 is 5.97 Å². The van der Waals surface area contributed by atoms with Gasteiger partial charge in [-0.3, -0.25) is 9.78 Å². The zero-order valence-corrected chi connectivity index (χ0v) is 11.8. The van der Waals surface area contributed by atoms with E-state index in [1.807, 2.05) is 55.6 Å². The smallest absolute Gasteiger partial charge is 0.307 e. The molecule has 21 heavy (non-hydrogen) atoms. The Morgan fingerprint density at radius 3 is 2.86 bits per heavy atom. The van der Waals surface area contributed by atoms with Crippen LogP contribution in [0.25, 0.3) is 10.9 Å². The highest BCUT2D eigenvalue weighted by atomic mass is 16.4. The third kappa shape index (κ3) is 2.94.